The minimum atomic E-state index is -0.450. The number of likely N-dealkylation sites (tertiary alicyclic amines) is 1. The number of nitrogens with two attached hydrogens (primary N) is 1. The highest BCUT2D eigenvalue weighted by Gasteiger charge is 2.27. The molecular weight excluding hydrogens is 316 g/mol. The van der Waals surface area contributed by atoms with Crippen LogP contribution in [0.5, 0.6) is 0 Å². The van der Waals surface area contributed by atoms with Crippen molar-refractivity contribution in [3.63, 3.8) is 0 Å². The first-order valence-corrected chi connectivity index (χ1v) is 8.15. The highest BCUT2D eigenvalue weighted by molar-refractivity contribution is 5.99. The highest BCUT2D eigenvalue weighted by atomic mass is 16.1. The van der Waals surface area contributed by atoms with Crippen molar-refractivity contribution in [3.05, 3.63) is 42.4 Å². The molecule has 1 saturated heterocycles. The zero-order chi connectivity index (χ0) is 17.6. The number of aryl methyl sites for hydroxylation is 1. The monoisotopic (exact) mass is 334 g/mol. The SMILES string of the molecule is Cn1cc(-c2ccc3cc(C(N)=O)n([C@@H]4CCN(C#N)C4)c3c2)cn1. The second-order valence-electron chi connectivity index (χ2n) is 6.43. The summed E-state index contributed by atoms with van der Waals surface area (Å²) in [5.74, 6) is -0.450. The number of carbonyl (C=O) groups is 1. The Labute approximate surface area is 144 Å². The van der Waals surface area contributed by atoms with Crippen LogP contribution in [-0.4, -0.2) is 38.2 Å². The Kier molecular flexibility index (Phi) is 3.46. The van der Waals surface area contributed by atoms with E-state index in [9.17, 15) is 4.79 Å². The first kappa shape index (κ1) is 15.3. The van der Waals surface area contributed by atoms with Gasteiger partial charge in [0.15, 0.2) is 6.19 Å². The molecule has 2 N–H and O–H groups in total. The molecule has 0 saturated carbocycles. The summed E-state index contributed by atoms with van der Waals surface area (Å²) in [4.78, 5) is 13.7. The van der Waals surface area contributed by atoms with Crippen molar-refractivity contribution in [2.45, 2.75) is 12.5 Å². The third kappa shape index (κ3) is 2.52. The molecule has 3 aromatic rings. The number of carbonyl (C=O) groups excluding carboxylic acids is 1. The van der Waals surface area contributed by atoms with Crippen LogP contribution in [0.15, 0.2) is 36.7 Å². The van der Waals surface area contributed by atoms with Crippen molar-refractivity contribution in [2.24, 2.45) is 12.8 Å². The van der Waals surface area contributed by atoms with Crippen LogP contribution in [0.2, 0.25) is 0 Å². The number of fused-ring (bicyclic) bond motifs is 1. The molecule has 0 unspecified atom stereocenters. The summed E-state index contributed by atoms with van der Waals surface area (Å²) < 4.78 is 3.75. The van der Waals surface area contributed by atoms with Gasteiger partial charge in [-0.15, -0.1) is 0 Å². The van der Waals surface area contributed by atoms with Crippen LogP contribution < -0.4 is 5.73 Å². The van der Waals surface area contributed by atoms with Crippen molar-refractivity contribution >= 4 is 16.8 Å². The molecule has 7 heteroatoms. The van der Waals surface area contributed by atoms with Crippen molar-refractivity contribution in [3.8, 4) is 17.3 Å². The first-order valence-electron chi connectivity index (χ1n) is 8.15. The topological polar surface area (TPSA) is 92.9 Å². The van der Waals surface area contributed by atoms with Crippen molar-refractivity contribution in [2.75, 3.05) is 13.1 Å². The number of hydrogen-bond donors (Lipinski definition) is 1. The molecule has 126 valence electrons. The van der Waals surface area contributed by atoms with Crippen LogP contribution in [0.25, 0.3) is 22.0 Å². The van der Waals surface area contributed by atoms with Gasteiger partial charge in [-0.25, -0.2) is 0 Å². The molecule has 1 aliphatic rings. The van der Waals surface area contributed by atoms with E-state index < -0.39 is 5.91 Å². The van der Waals surface area contributed by atoms with Crippen molar-refractivity contribution in [1.82, 2.24) is 19.2 Å². The van der Waals surface area contributed by atoms with E-state index in [1.807, 2.05) is 42.2 Å². The minimum Gasteiger partial charge on any atom is -0.364 e. The molecule has 0 bridgehead atoms. The Morgan fingerprint density at radius 2 is 2.20 bits per heavy atom. The molecule has 7 nitrogen and oxygen atoms in total. The summed E-state index contributed by atoms with van der Waals surface area (Å²) in [5.41, 5.74) is 9.11. The smallest absolute Gasteiger partial charge is 0.265 e. The van der Waals surface area contributed by atoms with Gasteiger partial charge in [0.25, 0.3) is 5.91 Å². The normalized spacial score (nSPS) is 17.1. The lowest BCUT2D eigenvalue weighted by atomic mass is 10.1. The van der Waals surface area contributed by atoms with Crippen LogP contribution in [0.1, 0.15) is 23.0 Å². The molecule has 4 rings (SSSR count). The molecule has 25 heavy (non-hydrogen) atoms. The minimum absolute atomic E-state index is 0.0591. The lowest BCUT2D eigenvalue weighted by Gasteiger charge is -2.16. The summed E-state index contributed by atoms with van der Waals surface area (Å²) in [7, 11) is 1.88. The molecule has 1 aromatic carbocycles. The van der Waals surface area contributed by atoms with Gasteiger partial charge >= 0.3 is 0 Å². The molecule has 1 atom stereocenters. The Hall–Kier alpha value is -3.27. The van der Waals surface area contributed by atoms with Crippen molar-refractivity contribution < 1.29 is 4.79 Å². The van der Waals surface area contributed by atoms with E-state index in [0.29, 0.717) is 18.8 Å². The van der Waals surface area contributed by atoms with Gasteiger partial charge < -0.3 is 15.2 Å². The Bertz CT molecular complexity index is 1010. The molecular formula is C18H18N6O. The van der Waals surface area contributed by atoms with E-state index in [0.717, 1.165) is 28.5 Å². The van der Waals surface area contributed by atoms with Gasteiger partial charge in [0.2, 0.25) is 0 Å². The van der Waals surface area contributed by atoms with Crippen LogP contribution in [0, 0.1) is 11.5 Å². The molecule has 0 spiro atoms. The van der Waals surface area contributed by atoms with Gasteiger partial charge in [-0.05, 0) is 24.1 Å². The van der Waals surface area contributed by atoms with Crippen LogP contribution in [0.3, 0.4) is 0 Å². The van der Waals surface area contributed by atoms with Crippen LogP contribution >= 0.6 is 0 Å². The maximum absolute atomic E-state index is 12.0. The van der Waals surface area contributed by atoms with E-state index in [4.69, 9.17) is 11.0 Å². The predicted octanol–water partition coefficient (Wildman–Crippen LogP) is 1.87. The quantitative estimate of drug-likeness (QED) is 0.740. The summed E-state index contributed by atoms with van der Waals surface area (Å²) in [5, 5.41) is 14.3. The lowest BCUT2D eigenvalue weighted by molar-refractivity contribution is 0.0990. The highest BCUT2D eigenvalue weighted by Crippen LogP contribution is 2.32. The molecule has 2 aromatic heterocycles. The molecule has 3 heterocycles. The fourth-order valence-electron chi connectivity index (χ4n) is 3.60. The number of aromatic nitrogens is 3. The molecule has 0 aliphatic carbocycles. The Morgan fingerprint density at radius 3 is 2.84 bits per heavy atom. The lowest BCUT2D eigenvalue weighted by Crippen LogP contribution is -2.22. The van der Waals surface area contributed by atoms with E-state index in [-0.39, 0.29) is 6.04 Å². The van der Waals surface area contributed by atoms with E-state index in [2.05, 4.69) is 17.4 Å². The van der Waals surface area contributed by atoms with Gasteiger partial charge in [0, 0.05) is 42.8 Å². The summed E-state index contributed by atoms with van der Waals surface area (Å²) in [6.07, 6.45) is 6.77. The molecule has 0 radical (unpaired) electrons. The zero-order valence-corrected chi connectivity index (χ0v) is 13.9. The summed E-state index contributed by atoms with van der Waals surface area (Å²) >= 11 is 0. The van der Waals surface area contributed by atoms with Gasteiger partial charge in [0.1, 0.15) is 5.69 Å². The second-order valence-corrected chi connectivity index (χ2v) is 6.43. The third-order valence-corrected chi connectivity index (χ3v) is 4.80. The average Bonchev–Trinajstić information content (AvgIpc) is 3.30. The van der Waals surface area contributed by atoms with Crippen molar-refractivity contribution in [1.29, 1.82) is 5.26 Å². The summed E-state index contributed by atoms with van der Waals surface area (Å²) in [6.45, 7) is 1.29. The number of amides is 1. The third-order valence-electron chi connectivity index (χ3n) is 4.80. The van der Waals surface area contributed by atoms with E-state index in [1.165, 1.54) is 0 Å². The number of nitrogens with zero attached hydrogens (tertiary/aromatic N) is 5. The van der Waals surface area contributed by atoms with Gasteiger partial charge in [0.05, 0.1) is 12.2 Å². The number of hydrogen-bond acceptors (Lipinski definition) is 4. The molecule has 1 amide bonds. The van der Waals surface area contributed by atoms with Gasteiger partial charge in [-0.2, -0.15) is 10.4 Å². The first-order chi connectivity index (χ1) is 12.1. The average molecular weight is 334 g/mol. The second kappa shape index (κ2) is 5.67. The van der Waals surface area contributed by atoms with Gasteiger partial charge in [-0.1, -0.05) is 12.1 Å². The molecule has 1 aliphatic heterocycles. The summed E-state index contributed by atoms with van der Waals surface area (Å²) in [6, 6.07) is 7.97. The fraction of sp³-hybridized carbons (Fsp3) is 0.278. The van der Waals surface area contributed by atoms with Crippen LogP contribution in [-0.2, 0) is 7.05 Å². The predicted molar refractivity (Wildman–Crippen MR) is 93.5 cm³/mol. The number of primary amides is 1. The Morgan fingerprint density at radius 1 is 1.36 bits per heavy atom. The van der Waals surface area contributed by atoms with Gasteiger partial charge in [-0.3, -0.25) is 9.48 Å². The number of benzene rings is 1. The standard InChI is InChI=1S/C18H18N6O/c1-22-9-14(8-21-22)12-2-3-13-7-17(18(20)25)24(16(13)6-12)15-4-5-23(10-15)11-19/h2-3,6-9,15H,4-5,10H2,1H3,(H2,20,25)/t15-/m1/s1. The maximum Gasteiger partial charge on any atom is 0.265 e. The molecule has 1 fully saturated rings. The maximum atomic E-state index is 12.0. The fourth-order valence-corrected chi connectivity index (χ4v) is 3.60. The zero-order valence-electron chi connectivity index (χ0n) is 13.9. The number of nitriles is 1. The van der Waals surface area contributed by atoms with E-state index in [1.54, 1.807) is 9.58 Å². The number of rotatable bonds is 3. The van der Waals surface area contributed by atoms with Crippen LogP contribution in [0.4, 0.5) is 0 Å². The van der Waals surface area contributed by atoms with E-state index >= 15 is 0 Å². The Balaban J connectivity index is 1.87. The largest absolute Gasteiger partial charge is 0.364 e.